The highest BCUT2D eigenvalue weighted by Gasteiger charge is 2.26. The van der Waals surface area contributed by atoms with Crippen molar-refractivity contribution in [3.05, 3.63) is 75.9 Å². The number of esters is 1. The average Bonchev–Trinajstić information content (AvgIpc) is 3.04. The number of rotatable bonds is 6. The zero-order chi connectivity index (χ0) is 20.3. The summed E-state index contributed by atoms with van der Waals surface area (Å²) >= 11 is 1.16. The second-order valence-corrected chi connectivity index (χ2v) is 6.96. The van der Waals surface area contributed by atoms with Crippen molar-refractivity contribution in [1.82, 2.24) is 0 Å². The highest BCUT2D eigenvalue weighted by atomic mass is 32.1. The van der Waals surface area contributed by atoms with Crippen LogP contribution in [0.5, 0.6) is 5.75 Å². The number of halogens is 1. The van der Waals surface area contributed by atoms with Crippen LogP contribution in [0.4, 0.5) is 15.1 Å². The summed E-state index contributed by atoms with van der Waals surface area (Å²) < 4.78 is 23.1. The maximum absolute atomic E-state index is 13.2. The van der Waals surface area contributed by atoms with Gasteiger partial charge >= 0.3 is 5.97 Å². The molecule has 0 radical (unpaired) electrons. The van der Waals surface area contributed by atoms with Gasteiger partial charge < -0.3 is 14.8 Å². The predicted molar refractivity (Wildman–Crippen MR) is 107 cm³/mol. The number of benzene rings is 2. The monoisotopic (exact) mass is 399 g/mol. The Hall–Kier alpha value is -3.19. The Kier molecular flexibility index (Phi) is 5.75. The van der Waals surface area contributed by atoms with Gasteiger partial charge in [-0.3, -0.25) is 4.79 Å². The molecule has 144 valence electrons. The molecule has 0 fully saturated rings. The van der Waals surface area contributed by atoms with Crippen LogP contribution in [0.1, 0.15) is 31.2 Å². The van der Waals surface area contributed by atoms with Crippen LogP contribution in [0.2, 0.25) is 0 Å². The maximum atomic E-state index is 13.2. The molecule has 0 aliphatic rings. The van der Waals surface area contributed by atoms with Gasteiger partial charge in [0.05, 0.1) is 24.7 Å². The Morgan fingerprint density at radius 3 is 2.21 bits per heavy atom. The Morgan fingerprint density at radius 2 is 1.64 bits per heavy atom. The molecule has 0 bridgehead atoms. The molecule has 1 heterocycles. The lowest BCUT2D eigenvalue weighted by molar-refractivity contribution is 0.0601. The molecule has 0 saturated carbocycles. The van der Waals surface area contributed by atoms with Gasteiger partial charge in [-0.2, -0.15) is 0 Å². The van der Waals surface area contributed by atoms with E-state index in [9.17, 15) is 14.0 Å². The Bertz CT molecular complexity index is 1010. The zero-order valence-corrected chi connectivity index (χ0v) is 16.4. The van der Waals surface area contributed by atoms with E-state index in [1.54, 1.807) is 50.4 Å². The van der Waals surface area contributed by atoms with Crippen molar-refractivity contribution in [2.24, 2.45) is 0 Å². The van der Waals surface area contributed by atoms with Gasteiger partial charge in [-0.05, 0) is 61.0 Å². The first-order valence-electron chi connectivity index (χ1n) is 8.37. The van der Waals surface area contributed by atoms with Crippen LogP contribution in [0, 0.1) is 12.7 Å². The molecule has 0 unspecified atom stereocenters. The standard InChI is InChI=1S/C21H18FNO4S/c1-12-17(21(25)27-3)20(23-15-8-6-14(22)7-9-15)28-19(12)18(24)13-4-10-16(26-2)11-5-13/h4-11,23H,1-3H3. The van der Waals surface area contributed by atoms with Gasteiger partial charge in [0, 0.05) is 11.3 Å². The van der Waals surface area contributed by atoms with E-state index in [1.165, 1.54) is 19.2 Å². The summed E-state index contributed by atoms with van der Waals surface area (Å²) in [5, 5.41) is 3.55. The number of methoxy groups -OCH3 is 2. The summed E-state index contributed by atoms with van der Waals surface area (Å²) in [6.45, 7) is 1.70. The first-order chi connectivity index (χ1) is 13.4. The van der Waals surface area contributed by atoms with Crippen LogP contribution in [0.15, 0.2) is 48.5 Å². The maximum Gasteiger partial charge on any atom is 0.341 e. The lowest BCUT2D eigenvalue weighted by atomic mass is 10.0. The van der Waals surface area contributed by atoms with Gasteiger partial charge in [0.1, 0.15) is 16.6 Å². The number of nitrogens with one attached hydrogen (secondary N) is 1. The number of ketones is 1. The molecule has 0 atom stereocenters. The first kappa shape index (κ1) is 19.6. The number of hydrogen-bond donors (Lipinski definition) is 1. The van der Waals surface area contributed by atoms with Crippen LogP contribution >= 0.6 is 11.3 Å². The summed E-state index contributed by atoms with van der Waals surface area (Å²) in [5.41, 5.74) is 1.89. The molecule has 0 aliphatic heterocycles. The van der Waals surface area contributed by atoms with Crippen molar-refractivity contribution in [3.63, 3.8) is 0 Å². The van der Waals surface area contributed by atoms with Crippen LogP contribution in [-0.4, -0.2) is 26.0 Å². The third-order valence-corrected chi connectivity index (χ3v) is 5.40. The van der Waals surface area contributed by atoms with E-state index >= 15 is 0 Å². The highest BCUT2D eigenvalue weighted by molar-refractivity contribution is 7.18. The van der Waals surface area contributed by atoms with Crippen LogP contribution in [0.3, 0.4) is 0 Å². The molecule has 2 aromatic carbocycles. The molecule has 7 heteroatoms. The molecule has 28 heavy (non-hydrogen) atoms. The molecule has 1 aromatic heterocycles. The van der Waals surface area contributed by atoms with E-state index in [2.05, 4.69) is 5.32 Å². The minimum atomic E-state index is -0.549. The SMILES string of the molecule is COC(=O)c1c(Nc2ccc(F)cc2)sc(C(=O)c2ccc(OC)cc2)c1C. The number of hydrogen-bond acceptors (Lipinski definition) is 6. The van der Waals surface area contributed by atoms with Gasteiger partial charge in [0.2, 0.25) is 5.78 Å². The quantitative estimate of drug-likeness (QED) is 0.469. The van der Waals surface area contributed by atoms with E-state index in [0.29, 0.717) is 32.4 Å². The average molecular weight is 399 g/mol. The normalized spacial score (nSPS) is 10.4. The first-order valence-corrected chi connectivity index (χ1v) is 9.19. The lowest BCUT2D eigenvalue weighted by Crippen LogP contribution is -2.06. The summed E-state index contributed by atoms with van der Waals surface area (Å²) in [5.74, 6) is -0.473. The third-order valence-electron chi connectivity index (χ3n) is 4.20. The fraction of sp³-hybridized carbons (Fsp3) is 0.143. The van der Waals surface area contributed by atoms with E-state index in [4.69, 9.17) is 9.47 Å². The highest BCUT2D eigenvalue weighted by Crippen LogP contribution is 2.37. The van der Waals surface area contributed by atoms with Gasteiger partial charge in [-0.1, -0.05) is 0 Å². The van der Waals surface area contributed by atoms with Gasteiger partial charge in [-0.15, -0.1) is 11.3 Å². The summed E-state index contributed by atoms with van der Waals surface area (Å²) in [6, 6.07) is 12.5. The van der Waals surface area contributed by atoms with E-state index in [-0.39, 0.29) is 17.2 Å². The summed E-state index contributed by atoms with van der Waals surface area (Å²) in [4.78, 5) is 25.7. The molecule has 3 rings (SSSR count). The van der Waals surface area contributed by atoms with Gasteiger partial charge in [0.15, 0.2) is 0 Å². The number of carbonyl (C=O) groups excluding carboxylic acids is 2. The predicted octanol–water partition coefficient (Wildman–Crippen LogP) is 4.97. The van der Waals surface area contributed by atoms with Gasteiger partial charge in [0.25, 0.3) is 0 Å². The van der Waals surface area contributed by atoms with E-state index in [1.807, 2.05) is 0 Å². The third kappa shape index (κ3) is 3.89. The lowest BCUT2D eigenvalue weighted by Gasteiger charge is -2.06. The molecule has 0 amide bonds. The molecule has 0 saturated heterocycles. The van der Waals surface area contributed by atoms with Crippen LogP contribution in [-0.2, 0) is 4.74 Å². The molecule has 5 nitrogen and oxygen atoms in total. The second kappa shape index (κ2) is 8.22. The zero-order valence-electron chi connectivity index (χ0n) is 15.5. The number of carbonyl (C=O) groups is 2. The second-order valence-electron chi connectivity index (χ2n) is 5.94. The number of ether oxygens (including phenoxy) is 2. The Labute approximate surface area is 165 Å². The minimum Gasteiger partial charge on any atom is -0.497 e. The van der Waals surface area contributed by atoms with Crippen molar-refractivity contribution < 1.29 is 23.5 Å². The summed E-state index contributed by atoms with van der Waals surface area (Å²) in [6.07, 6.45) is 0. The molecule has 0 spiro atoms. The fourth-order valence-electron chi connectivity index (χ4n) is 2.70. The van der Waals surface area contributed by atoms with E-state index in [0.717, 1.165) is 11.3 Å². The number of thiophene rings is 1. The molecule has 0 aliphatic carbocycles. The van der Waals surface area contributed by atoms with Crippen molar-refractivity contribution in [3.8, 4) is 5.75 Å². The van der Waals surface area contributed by atoms with Crippen molar-refractivity contribution >= 4 is 33.8 Å². The van der Waals surface area contributed by atoms with E-state index < -0.39 is 5.97 Å². The fourth-order valence-corrected chi connectivity index (χ4v) is 3.88. The minimum absolute atomic E-state index is 0.206. The summed E-state index contributed by atoms with van der Waals surface area (Å²) in [7, 11) is 2.84. The molecule has 3 aromatic rings. The Balaban J connectivity index is 2.01. The molecule has 1 N–H and O–H groups in total. The smallest absolute Gasteiger partial charge is 0.341 e. The van der Waals surface area contributed by atoms with Crippen molar-refractivity contribution in [1.29, 1.82) is 0 Å². The van der Waals surface area contributed by atoms with Crippen LogP contribution < -0.4 is 10.1 Å². The molecular formula is C21H18FNO4S. The van der Waals surface area contributed by atoms with Gasteiger partial charge in [-0.25, -0.2) is 9.18 Å². The molecular weight excluding hydrogens is 381 g/mol. The van der Waals surface area contributed by atoms with Crippen LogP contribution in [0.25, 0.3) is 0 Å². The largest absolute Gasteiger partial charge is 0.497 e. The topological polar surface area (TPSA) is 64.6 Å². The Morgan fingerprint density at radius 1 is 1.00 bits per heavy atom. The van der Waals surface area contributed by atoms with Crippen molar-refractivity contribution in [2.75, 3.05) is 19.5 Å². The number of anilines is 2. The van der Waals surface area contributed by atoms with Crippen molar-refractivity contribution in [2.45, 2.75) is 6.92 Å².